The van der Waals surface area contributed by atoms with E-state index in [1.165, 1.54) is 13.2 Å². The van der Waals surface area contributed by atoms with E-state index in [-0.39, 0.29) is 17.3 Å². The number of aromatic nitrogens is 2. The number of nitrogens with zero attached hydrogens (tertiary/aromatic N) is 2. The third kappa shape index (κ3) is 2.86. The number of methoxy groups -OCH3 is 2. The number of amides is 1. The summed E-state index contributed by atoms with van der Waals surface area (Å²) in [6, 6.07) is 5.28. The molecule has 7 nitrogen and oxygen atoms in total. The van der Waals surface area contributed by atoms with Gasteiger partial charge >= 0.3 is 0 Å². The Labute approximate surface area is 122 Å². The highest BCUT2D eigenvalue weighted by atomic mass is 16.5. The number of carbonyl (C=O) groups is 1. The number of ether oxygens (including phenoxy) is 2. The van der Waals surface area contributed by atoms with Gasteiger partial charge in [-0.25, -0.2) is 9.97 Å². The molecule has 0 spiro atoms. The minimum Gasteiger partial charge on any atom is -0.493 e. The summed E-state index contributed by atoms with van der Waals surface area (Å²) in [5.41, 5.74) is 6.74. The zero-order valence-corrected chi connectivity index (χ0v) is 12.0. The molecule has 2 aromatic rings. The molecule has 0 bridgehead atoms. The zero-order chi connectivity index (χ0) is 15.4. The van der Waals surface area contributed by atoms with E-state index in [2.05, 4.69) is 15.3 Å². The fourth-order valence-corrected chi connectivity index (χ4v) is 1.82. The molecule has 21 heavy (non-hydrogen) atoms. The van der Waals surface area contributed by atoms with Crippen LogP contribution < -0.4 is 20.5 Å². The number of nitrogens with two attached hydrogens (primary N) is 1. The van der Waals surface area contributed by atoms with E-state index >= 15 is 0 Å². The molecule has 3 N–H and O–H groups in total. The van der Waals surface area contributed by atoms with Crippen LogP contribution in [0.5, 0.6) is 11.5 Å². The first-order chi connectivity index (χ1) is 10.1. The molecule has 1 heterocycles. The van der Waals surface area contributed by atoms with Gasteiger partial charge in [-0.2, -0.15) is 0 Å². The lowest BCUT2D eigenvalue weighted by atomic mass is 10.1. The number of anilines is 1. The van der Waals surface area contributed by atoms with Crippen molar-refractivity contribution in [3.8, 4) is 22.9 Å². The molecule has 0 atom stereocenters. The summed E-state index contributed by atoms with van der Waals surface area (Å²) >= 11 is 0. The monoisotopic (exact) mass is 288 g/mol. The van der Waals surface area contributed by atoms with Crippen LogP contribution in [0, 0.1) is 0 Å². The first kappa shape index (κ1) is 14.6. The number of carbonyl (C=O) groups excluding carboxylic acids is 1. The maximum atomic E-state index is 11.6. The average molecular weight is 288 g/mol. The van der Waals surface area contributed by atoms with Gasteiger partial charge in [0.05, 0.1) is 19.8 Å². The van der Waals surface area contributed by atoms with Gasteiger partial charge in [0, 0.05) is 18.8 Å². The van der Waals surface area contributed by atoms with Gasteiger partial charge in [0.25, 0.3) is 5.91 Å². The van der Waals surface area contributed by atoms with Crippen molar-refractivity contribution in [2.24, 2.45) is 0 Å². The Morgan fingerprint density at radius 1 is 1.24 bits per heavy atom. The standard InChI is InChI=1S/C14H16N4O3/c1-16-14(19)9-7-17-13(18-12(9)15)8-4-5-10(20-2)11(6-8)21-3/h4-7H,1-3H3,(H,16,19)(H2,15,17,18). The Morgan fingerprint density at radius 3 is 2.52 bits per heavy atom. The first-order valence-electron chi connectivity index (χ1n) is 6.17. The highest BCUT2D eigenvalue weighted by Gasteiger charge is 2.13. The second-order valence-electron chi connectivity index (χ2n) is 4.14. The van der Waals surface area contributed by atoms with Gasteiger partial charge in [-0.1, -0.05) is 0 Å². The number of rotatable bonds is 4. The maximum absolute atomic E-state index is 11.6. The summed E-state index contributed by atoms with van der Waals surface area (Å²) < 4.78 is 10.4. The number of hydrogen-bond acceptors (Lipinski definition) is 6. The van der Waals surface area contributed by atoms with Crippen LogP contribution >= 0.6 is 0 Å². The van der Waals surface area contributed by atoms with E-state index in [0.717, 1.165) is 0 Å². The summed E-state index contributed by atoms with van der Waals surface area (Å²) in [6.07, 6.45) is 1.40. The Morgan fingerprint density at radius 2 is 1.95 bits per heavy atom. The van der Waals surface area contributed by atoms with Crippen LogP contribution in [0.4, 0.5) is 5.82 Å². The number of nitrogen functional groups attached to an aromatic ring is 1. The third-order valence-electron chi connectivity index (χ3n) is 2.93. The van der Waals surface area contributed by atoms with Crippen LogP contribution in [0.25, 0.3) is 11.4 Å². The van der Waals surface area contributed by atoms with E-state index in [9.17, 15) is 4.79 Å². The summed E-state index contributed by atoms with van der Waals surface area (Å²) in [5.74, 6) is 1.37. The van der Waals surface area contributed by atoms with Crippen LogP contribution in [0.3, 0.4) is 0 Å². The van der Waals surface area contributed by atoms with Crippen molar-refractivity contribution in [2.45, 2.75) is 0 Å². The molecule has 1 aromatic heterocycles. The van der Waals surface area contributed by atoms with Crippen molar-refractivity contribution in [3.63, 3.8) is 0 Å². The number of nitrogens with one attached hydrogen (secondary N) is 1. The van der Waals surface area contributed by atoms with Crippen molar-refractivity contribution in [1.82, 2.24) is 15.3 Å². The maximum Gasteiger partial charge on any atom is 0.256 e. The second kappa shape index (κ2) is 6.08. The minimum absolute atomic E-state index is 0.120. The molecule has 110 valence electrons. The van der Waals surface area contributed by atoms with E-state index in [1.54, 1.807) is 32.4 Å². The lowest BCUT2D eigenvalue weighted by Gasteiger charge is -2.10. The molecule has 0 aliphatic carbocycles. The molecule has 0 radical (unpaired) electrons. The van der Waals surface area contributed by atoms with Crippen molar-refractivity contribution in [1.29, 1.82) is 0 Å². The molecule has 0 unspecified atom stereocenters. The molecule has 0 aliphatic heterocycles. The lowest BCUT2D eigenvalue weighted by molar-refractivity contribution is 0.0963. The van der Waals surface area contributed by atoms with Gasteiger partial charge in [-0.3, -0.25) is 4.79 Å². The van der Waals surface area contributed by atoms with Gasteiger partial charge in [0.15, 0.2) is 17.3 Å². The molecule has 0 aliphatic rings. The Hall–Kier alpha value is -2.83. The summed E-state index contributed by atoms with van der Waals surface area (Å²) in [5, 5.41) is 2.48. The predicted molar refractivity (Wildman–Crippen MR) is 78.4 cm³/mol. The van der Waals surface area contributed by atoms with Gasteiger partial charge in [0.2, 0.25) is 0 Å². The van der Waals surface area contributed by atoms with Gasteiger partial charge in [-0.15, -0.1) is 0 Å². The molecule has 2 rings (SSSR count). The van der Waals surface area contributed by atoms with Crippen molar-refractivity contribution in [3.05, 3.63) is 30.0 Å². The summed E-state index contributed by atoms with van der Waals surface area (Å²) in [7, 11) is 4.62. The Bertz CT molecular complexity index is 673. The number of hydrogen-bond donors (Lipinski definition) is 2. The van der Waals surface area contributed by atoms with Crippen molar-refractivity contribution in [2.75, 3.05) is 27.0 Å². The number of benzene rings is 1. The third-order valence-corrected chi connectivity index (χ3v) is 2.93. The Balaban J connectivity index is 2.43. The minimum atomic E-state index is -0.327. The molecular formula is C14H16N4O3. The van der Waals surface area contributed by atoms with Gasteiger partial charge in [0.1, 0.15) is 5.82 Å². The fourth-order valence-electron chi connectivity index (χ4n) is 1.82. The van der Waals surface area contributed by atoms with Crippen molar-refractivity contribution < 1.29 is 14.3 Å². The van der Waals surface area contributed by atoms with E-state index in [1.807, 2.05) is 0 Å². The molecule has 1 aromatic carbocycles. The van der Waals surface area contributed by atoms with Crippen molar-refractivity contribution >= 4 is 11.7 Å². The van der Waals surface area contributed by atoms with Gasteiger partial charge < -0.3 is 20.5 Å². The van der Waals surface area contributed by atoms with Crippen LogP contribution in [0.2, 0.25) is 0 Å². The SMILES string of the molecule is CNC(=O)c1cnc(-c2ccc(OC)c(OC)c2)nc1N. The highest BCUT2D eigenvalue weighted by molar-refractivity contribution is 5.98. The first-order valence-corrected chi connectivity index (χ1v) is 6.17. The van der Waals surface area contributed by atoms with Crippen LogP contribution in [0.1, 0.15) is 10.4 Å². The normalized spacial score (nSPS) is 10.0. The molecule has 0 saturated heterocycles. The molecule has 0 fully saturated rings. The quantitative estimate of drug-likeness (QED) is 0.874. The topological polar surface area (TPSA) is 99.4 Å². The second-order valence-corrected chi connectivity index (χ2v) is 4.14. The smallest absolute Gasteiger partial charge is 0.256 e. The fraction of sp³-hybridized carbons (Fsp3) is 0.214. The zero-order valence-electron chi connectivity index (χ0n) is 12.0. The lowest BCUT2D eigenvalue weighted by Crippen LogP contribution is -2.20. The molecule has 1 amide bonds. The highest BCUT2D eigenvalue weighted by Crippen LogP contribution is 2.31. The predicted octanol–water partition coefficient (Wildman–Crippen LogP) is 1.10. The van der Waals surface area contributed by atoms with E-state index in [4.69, 9.17) is 15.2 Å². The largest absolute Gasteiger partial charge is 0.493 e. The molecule has 0 saturated carbocycles. The van der Waals surface area contributed by atoms with E-state index in [0.29, 0.717) is 22.9 Å². The van der Waals surface area contributed by atoms with Gasteiger partial charge in [-0.05, 0) is 18.2 Å². The Kier molecular flexibility index (Phi) is 4.22. The average Bonchev–Trinajstić information content (AvgIpc) is 2.53. The van der Waals surface area contributed by atoms with E-state index < -0.39 is 0 Å². The summed E-state index contributed by atoms with van der Waals surface area (Å²) in [4.78, 5) is 19.9. The van der Waals surface area contributed by atoms with Crippen LogP contribution in [0.15, 0.2) is 24.4 Å². The van der Waals surface area contributed by atoms with Crippen LogP contribution in [-0.4, -0.2) is 37.1 Å². The molecular weight excluding hydrogens is 272 g/mol. The van der Waals surface area contributed by atoms with Crippen LogP contribution in [-0.2, 0) is 0 Å². The molecule has 7 heteroatoms. The summed E-state index contributed by atoms with van der Waals surface area (Å²) in [6.45, 7) is 0.